The number of halogens is 2. The van der Waals surface area contributed by atoms with Crippen LogP contribution in [-0.4, -0.2) is 0 Å². The molecule has 0 heterocycles. The SMILES string of the molecule is CCCCc1ccc2c(c1C(F)CC)Cc1c-2cccc1C(F)CC. The fourth-order valence-corrected chi connectivity index (χ4v) is 4.08. The molecule has 0 nitrogen and oxygen atoms in total. The van der Waals surface area contributed by atoms with E-state index in [2.05, 4.69) is 25.1 Å². The van der Waals surface area contributed by atoms with Gasteiger partial charge in [0.25, 0.3) is 0 Å². The van der Waals surface area contributed by atoms with E-state index in [1.165, 1.54) is 0 Å². The molecule has 0 radical (unpaired) electrons. The zero-order chi connectivity index (χ0) is 18.0. The number of hydrogen-bond acceptors (Lipinski definition) is 0. The highest BCUT2D eigenvalue weighted by atomic mass is 19.1. The van der Waals surface area contributed by atoms with Crippen LogP contribution >= 0.6 is 0 Å². The summed E-state index contributed by atoms with van der Waals surface area (Å²) >= 11 is 0. The van der Waals surface area contributed by atoms with E-state index in [1.807, 2.05) is 26.0 Å². The van der Waals surface area contributed by atoms with Crippen molar-refractivity contribution in [3.05, 3.63) is 58.1 Å². The van der Waals surface area contributed by atoms with Crippen LogP contribution in [-0.2, 0) is 12.8 Å². The van der Waals surface area contributed by atoms with E-state index in [9.17, 15) is 8.78 Å². The average Bonchev–Trinajstić information content (AvgIpc) is 3.03. The van der Waals surface area contributed by atoms with Crippen LogP contribution in [0.5, 0.6) is 0 Å². The van der Waals surface area contributed by atoms with Crippen LogP contribution in [0.15, 0.2) is 30.3 Å². The van der Waals surface area contributed by atoms with Crippen molar-refractivity contribution < 1.29 is 8.78 Å². The summed E-state index contributed by atoms with van der Waals surface area (Å²) in [5.41, 5.74) is 7.14. The molecule has 0 saturated carbocycles. The molecule has 134 valence electrons. The van der Waals surface area contributed by atoms with Gasteiger partial charge >= 0.3 is 0 Å². The quantitative estimate of drug-likeness (QED) is 0.418. The Balaban J connectivity index is 2.12. The van der Waals surface area contributed by atoms with E-state index in [4.69, 9.17) is 0 Å². The van der Waals surface area contributed by atoms with Crippen molar-refractivity contribution in [2.75, 3.05) is 0 Å². The maximum atomic E-state index is 14.9. The highest BCUT2D eigenvalue weighted by Gasteiger charge is 2.29. The lowest BCUT2D eigenvalue weighted by atomic mass is 9.90. The van der Waals surface area contributed by atoms with E-state index in [0.29, 0.717) is 19.3 Å². The first-order chi connectivity index (χ1) is 12.1. The Morgan fingerprint density at radius 3 is 2.28 bits per heavy atom. The van der Waals surface area contributed by atoms with Gasteiger partial charge in [0.2, 0.25) is 0 Å². The highest BCUT2D eigenvalue weighted by Crippen LogP contribution is 2.45. The second kappa shape index (κ2) is 7.68. The normalized spacial score (nSPS) is 14.9. The zero-order valence-electron chi connectivity index (χ0n) is 15.5. The lowest BCUT2D eigenvalue weighted by Gasteiger charge is -2.17. The molecule has 2 aromatic rings. The lowest BCUT2D eigenvalue weighted by molar-refractivity contribution is 0.330. The Kier molecular flexibility index (Phi) is 5.56. The first-order valence-corrected chi connectivity index (χ1v) is 9.67. The molecule has 2 heteroatoms. The molecule has 0 saturated heterocycles. The third kappa shape index (κ3) is 3.23. The molecule has 0 aliphatic heterocycles. The van der Waals surface area contributed by atoms with E-state index >= 15 is 0 Å². The molecule has 0 amide bonds. The molecule has 3 rings (SSSR count). The third-order valence-electron chi connectivity index (χ3n) is 5.47. The second-order valence-corrected chi connectivity index (χ2v) is 7.07. The fraction of sp³-hybridized carbons (Fsp3) is 0.478. The van der Waals surface area contributed by atoms with Gasteiger partial charge in [-0.05, 0) is 71.0 Å². The number of benzene rings is 2. The van der Waals surface area contributed by atoms with E-state index in [0.717, 1.165) is 58.2 Å². The van der Waals surface area contributed by atoms with Crippen molar-refractivity contribution in [2.45, 2.75) is 71.6 Å². The molecule has 25 heavy (non-hydrogen) atoms. The second-order valence-electron chi connectivity index (χ2n) is 7.07. The molecular formula is C23H28F2. The Hall–Kier alpha value is -1.70. The summed E-state index contributed by atoms with van der Waals surface area (Å²) in [6, 6.07) is 10.1. The minimum atomic E-state index is -0.945. The smallest absolute Gasteiger partial charge is 0.125 e. The first kappa shape index (κ1) is 18.1. The predicted octanol–water partition coefficient (Wildman–Crippen LogP) is 7.44. The van der Waals surface area contributed by atoms with Gasteiger partial charge in [-0.3, -0.25) is 0 Å². The minimum Gasteiger partial charge on any atom is -0.242 e. The van der Waals surface area contributed by atoms with Crippen LogP contribution < -0.4 is 0 Å². The van der Waals surface area contributed by atoms with Crippen molar-refractivity contribution in [3.8, 4) is 11.1 Å². The Morgan fingerprint density at radius 1 is 0.880 bits per heavy atom. The van der Waals surface area contributed by atoms with Crippen LogP contribution in [0.3, 0.4) is 0 Å². The van der Waals surface area contributed by atoms with Gasteiger partial charge in [0.1, 0.15) is 12.3 Å². The maximum Gasteiger partial charge on any atom is 0.125 e. The van der Waals surface area contributed by atoms with Crippen molar-refractivity contribution in [2.24, 2.45) is 0 Å². The van der Waals surface area contributed by atoms with Gasteiger partial charge in [0, 0.05) is 0 Å². The van der Waals surface area contributed by atoms with Gasteiger partial charge in [0.15, 0.2) is 0 Å². The maximum absolute atomic E-state index is 14.9. The Labute approximate surface area is 150 Å². The molecule has 0 fully saturated rings. The van der Waals surface area contributed by atoms with E-state index < -0.39 is 12.3 Å². The molecule has 0 spiro atoms. The van der Waals surface area contributed by atoms with Crippen molar-refractivity contribution in [3.63, 3.8) is 0 Å². The average molecular weight is 342 g/mol. The third-order valence-corrected chi connectivity index (χ3v) is 5.47. The topological polar surface area (TPSA) is 0 Å². The fourth-order valence-electron chi connectivity index (χ4n) is 4.08. The number of aryl methyl sites for hydroxylation is 1. The van der Waals surface area contributed by atoms with Gasteiger partial charge in [-0.2, -0.15) is 0 Å². The van der Waals surface area contributed by atoms with Gasteiger partial charge in [-0.15, -0.1) is 0 Å². The number of fused-ring (bicyclic) bond motifs is 3. The summed E-state index contributed by atoms with van der Waals surface area (Å²) in [5.74, 6) is 0. The predicted molar refractivity (Wildman–Crippen MR) is 102 cm³/mol. The van der Waals surface area contributed by atoms with Gasteiger partial charge in [-0.25, -0.2) is 8.78 Å². The summed E-state index contributed by atoms with van der Waals surface area (Å²) in [7, 11) is 0. The molecule has 0 N–H and O–H groups in total. The largest absolute Gasteiger partial charge is 0.242 e. The summed E-state index contributed by atoms with van der Waals surface area (Å²) in [6.45, 7) is 5.93. The number of rotatable bonds is 7. The molecule has 1 aliphatic carbocycles. The van der Waals surface area contributed by atoms with E-state index in [1.54, 1.807) is 0 Å². The van der Waals surface area contributed by atoms with Gasteiger partial charge in [0.05, 0.1) is 0 Å². The van der Waals surface area contributed by atoms with Crippen LogP contribution in [0.1, 0.15) is 86.6 Å². The summed E-state index contributed by atoms with van der Waals surface area (Å²) in [5, 5.41) is 0. The monoisotopic (exact) mass is 342 g/mol. The minimum absolute atomic E-state index is 0.474. The molecule has 2 aromatic carbocycles. The van der Waals surface area contributed by atoms with Crippen molar-refractivity contribution in [1.82, 2.24) is 0 Å². The number of unbranched alkanes of at least 4 members (excludes halogenated alkanes) is 1. The summed E-state index contributed by atoms with van der Waals surface area (Å²) < 4.78 is 29.3. The summed E-state index contributed by atoms with van der Waals surface area (Å²) in [4.78, 5) is 0. The van der Waals surface area contributed by atoms with Crippen LogP contribution in [0.4, 0.5) is 8.78 Å². The first-order valence-electron chi connectivity index (χ1n) is 9.67. The van der Waals surface area contributed by atoms with Crippen LogP contribution in [0, 0.1) is 0 Å². The summed E-state index contributed by atoms with van der Waals surface area (Å²) in [6.07, 6.45) is 2.83. The van der Waals surface area contributed by atoms with Crippen molar-refractivity contribution in [1.29, 1.82) is 0 Å². The molecular weight excluding hydrogens is 314 g/mol. The zero-order valence-corrected chi connectivity index (χ0v) is 15.5. The molecule has 1 aliphatic rings. The van der Waals surface area contributed by atoms with Gasteiger partial charge < -0.3 is 0 Å². The Bertz CT molecular complexity index is 748. The highest BCUT2D eigenvalue weighted by molar-refractivity contribution is 5.80. The van der Waals surface area contributed by atoms with Crippen molar-refractivity contribution >= 4 is 0 Å². The number of alkyl halides is 2. The lowest BCUT2D eigenvalue weighted by Crippen LogP contribution is -2.03. The van der Waals surface area contributed by atoms with Gasteiger partial charge in [-0.1, -0.05) is 57.5 Å². The molecule has 2 atom stereocenters. The molecule has 0 aromatic heterocycles. The van der Waals surface area contributed by atoms with Crippen LogP contribution in [0.25, 0.3) is 11.1 Å². The molecule has 2 unspecified atom stereocenters. The van der Waals surface area contributed by atoms with E-state index in [-0.39, 0.29) is 0 Å². The van der Waals surface area contributed by atoms with Crippen LogP contribution in [0.2, 0.25) is 0 Å². The number of hydrogen-bond donors (Lipinski definition) is 0. The standard InChI is InChI=1S/C23H28F2/c1-4-7-9-15-12-13-17-16-10-8-11-18(21(24)5-2)19(16)14-20(17)23(15)22(25)6-3/h8,10-13,21-22H,4-7,9,14H2,1-3H3. The Morgan fingerprint density at radius 2 is 1.60 bits per heavy atom. The molecule has 0 bridgehead atoms.